The van der Waals surface area contributed by atoms with Gasteiger partial charge in [-0.05, 0) is 43.3 Å². The van der Waals surface area contributed by atoms with Crippen molar-refractivity contribution in [2.75, 3.05) is 10.6 Å². The molecule has 3 N–H and O–H groups in total. The smallest absolute Gasteiger partial charge is 0.226 e. The summed E-state index contributed by atoms with van der Waals surface area (Å²) in [5.41, 5.74) is 1.42. The van der Waals surface area contributed by atoms with Crippen LogP contribution < -0.4 is 16.0 Å². The zero-order valence-corrected chi connectivity index (χ0v) is 13.9. The van der Waals surface area contributed by atoms with Crippen LogP contribution in [-0.4, -0.2) is 16.9 Å². The van der Waals surface area contributed by atoms with Crippen LogP contribution in [0.5, 0.6) is 0 Å². The van der Waals surface area contributed by atoms with E-state index in [1.54, 1.807) is 6.07 Å². The van der Waals surface area contributed by atoms with Crippen LogP contribution in [0, 0.1) is 0 Å². The number of nitrogens with one attached hydrogen (secondary N) is 3. The normalized spacial score (nSPS) is 9.91. The maximum atomic E-state index is 11.7. The fourth-order valence-corrected chi connectivity index (χ4v) is 2.05. The van der Waals surface area contributed by atoms with Gasteiger partial charge in [-0.25, -0.2) is 0 Å². The summed E-state index contributed by atoms with van der Waals surface area (Å²) < 4.78 is 0. The van der Waals surface area contributed by atoms with Gasteiger partial charge in [0.2, 0.25) is 11.8 Å². The van der Waals surface area contributed by atoms with Crippen molar-refractivity contribution in [3.63, 3.8) is 0 Å². The summed E-state index contributed by atoms with van der Waals surface area (Å²) >= 11 is 5.08. The van der Waals surface area contributed by atoms with E-state index in [4.69, 9.17) is 12.2 Å². The Morgan fingerprint density at radius 1 is 1.00 bits per heavy atom. The Morgan fingerprint density at radius 2 is 1.68 bits per heavy atom. The Morgan fingerprint density at radius 3 is 2.32 bits per heavy atom. The summed E-state index contributed by atoms with van der Waals surface area (Å²) in [6.07, 6.45) is 3.58. The third-order valence-corrected chi connectivity index (χ3v) is 3.10. The molecular formula is C16H23N3O2S. The van der Waals surface area contributed by atoms with Gasteiger partial charge in [0, 0.05) is 24.2 Å². The number of thiocarbonyl (C=S) groups is 1. The fourth-order valence-electron chi connectivity index (χ4n) is 1.81. The van der Waals surface area contributed by atoms with Crippen LogP contribution in [0.2, 0.25) is 0 Å². The maximum Gasteiger partial charge on any atom is 0.226 e. The van der Waals surface area contributed by atoms with Crippen molar-refractivity contribution >= 4 is 40.5 Å². The van der Waals surface area contributed by atoms with Crippen LogP contribution >= 0.6 is 12.2 Å². The van der Waals surface area contributed by atoms with Gasteiger partial charge in [-0.15, -0.1) is 0 Å². The lowest BCUT2D eigenvalue weighted by Gasteiger charge is -2.11. The van der Waals surface area contributed by atoms with E-state index in [1.165, 1.54) is 0 Å². The first kappa shape index (κ1) is 18.1. The first-order valence-corrected chi connectivity index (χ1v) is 7.96. The van der Waals surface area contributed by atoms with Gasteiger partial charge in [0.15, 0.2) is 5.11 Å². The molecule has 0 atom stereocenters. The Balaban J connectivity index is 2.55. The molecule has 0 aliphatic heterocycles. The predicted molar refractivity (Wildman–Crippen MR) is 93.9 cm³/mol. The molecule has 5 nitrogen and oxygen atoms in total. The second-order valence-electron chi connectivity index (χ2n) is 4.98. The lowest BCUT2D eigenvalue weighted by Crippen LogP contribution is -2.33. The largest absolute Gasteiger partial charge is 0.332 e. The van der Waals surface area contributed by atoms with Crippen molar-refractivity contribution in [1.82, 2.24) is 5.32 Å². The summed E-state index contributed by atoms with van der Waals surface area (Å²) in [4.78, 5) is 23.2. The van der Waals surface area contributed by atoms with Crippen LogP contribution in [0.25, 0.3) is 0 Å². The second kappa shape index (κ2) is 9.89. The number of carbonyl (C=O) groups excluding carboxylic acids is 2. The molecule has 120 valence electrons. The number of anilines is 2. The minimum absolute atomic E-state index is 0.00201. The summed E-state index contributed by atoms with van der Waals surface area (Å²) in [6.45, 7) is 3.98. The molecule has 0 fully saturated rings. The van der Waals surface area contributed by atoms with Gasteiger partial charge in [-0.3, -0.25) is 9.59 Å². The zero-order chi connectivity index (χ0) is 16.4. The van der Waals surface area contributed by atoms with E-state index in [0.29, 0.717) is 18.5 Å². The molecule has 22 heavy (non-hydrogen) atoms. The van der Waals surface area contributed by atoms with Crippen molar-refractivity contribution < 1.29 is 9.59 Å². The maximum absolute atomic E-state index is 11.7. The van der Waals surface area contributed by atoms with Crippen molar-refractivity contribution in [3.8, 4) is 0 Å². The summed E-state index contributed by atoms with van der Waals surface area (Å²) in [5.74, 6) is -0.109. The van der Waals surface area contributed by atoms with Gasteiger partial charge in [0.05, 0.1) is 0 Å². The highest BCUT2D eigenvalue weighted by Gasteiger charge is 2.05. The second-order valence-corrected chi connectivity index (χ2v) is 5.39. The standard InChI is InChI=1S/C16H23N3O2S/c1-3-5-10-15(21)17-12-8-6-9-13(11-12)18-16(22)19-14(20)7-4-2/h6,8-9,11H,3-5,7,10H2,1-2H3,(H,17,21)(H2,18,19,20,22). The molecule has 0 unspecified atom stereocenters. The number of unbranched alkanes of at least 4 members (excludes halogenated alkanes) is 1. The molecule has 1 aromatic rings. The summed E-state index contributed by atoms with van der Waals surface area (Å²) in [7, 11) is 0. The first-order valence-electron chi connectivity index (χ1n) is 7.56. The molecule has 1 rings (SSSR count). The molecule has 0 bridgehead atoms. The first-order chi connectivity index (χ1) is 10.5. The van der Waals surface area contributed by atoms with E-state index in [2.05, 4.69) is 16.0 Å². The SMILES string of the molecule is CCCCC(=O)Nc1cccc(NC(=S)NC(=O)CCC)c1. The number of amides is 2. The molecule has 0 aliphatic carbocycles. The number of hydrogen-bond donors (Lipinski definition) is 3. The van der Waals surface area contributed by atoms with Crippen LogP contribution in [0.1, 0.15) is 46.0 Å². The van der Waals surface area contributed by atoms with Gasteiger partial charge >= 0.3 is 0 Å². The predicted octanol–water partition coefficient (Wildman–Crippen LogP) is 3.43. The molecule has 0 aliphatic rings. The van der Waals surface area contributed by atoms with Gasteiger partial charge in [0.25, 0.3) is 0 Å². The van der Waals surface area contributed by atoms with E-state index in [-0.39, 0.29) is 16.9 Å². The number of rotatable bonds is 7. The van der Waals surface area contributed by atoms with Gasteiger partial charge < -0.3 is 16.0 Å². The van der Waals surface area contributed by atoms with Crippen LogP contribution in [0.3, 0.4) is 0 Å². The average molecular weight is 321 g/mol. The zero-order valence-electron chi connectivity index (χ0n) is 13.1. The van der Waals surface area contributed by atoms with Gasteiger partial charge in [0.1, 0.15) is 0 Å². The quantitative estimate of drug-likeness (QED) is 0.673. The Hall–Kier alpha value is -1.95. The summed E-state index contributed by atoms with van der Waals surface area (Å²) in [6, 6.07) is 7.23. The van der Waals surface area contributed by atoms with E-state index in [0.717, 1.165) is 24.9 Å². The minimum Gasteiger partial charge on any atom is -0.332 e. The van der Waals surface area contributed by atoms with Crippen LogP contribution in [-0.2, 0) is 9.59 Å². The number of hydrogen-bond acceptors (Lipinski definition) is 3. The third kappa shape index (κ3) is 7.17. The molecule has 0 aromatic heterocycles. The van der Waals surface area contributed by atoms with E-state index in [1.807, 2.05) is 32.0 Å². The molecule has 0 radical (unpaired) electrons. The lowest BCUT2D eigenvalue weighted by atomic mass is 10.2. The number of benzene rings is 1. The minimum atomic E-state index is -0.107. The monoisotopic (exact) mass is 321 g/mol. The fraction of sp³-hybridized carbons (Fsp3) is 0.438. The molecule has 6 heteroatoms. The highest BCUT2D eigenvalue weighted by Crippen LogP contribution is 2.15. The van der Waals surface area contributed by atoms with Crippen molar-refractivity contribution in [2.24, 2.45) is 0 Å². The molecule has 0 saturated heterocycles. The van der Waals surface area contributed by atoms with Crippen molar-refractivity contribution in [1.29, 1.82) is 0 Å². The van der Waals surface area contributed by atoms with Crippen molar-refractivity contribution in [2.45, 2.75) is 46.0 Å². The van der Waals surface area contributed by atoms with E-state index < -0.39 is 0 Å². The highest BCUT2D eigenvalue weighted by atomic mass is 32.1. The highest BCUT2D eigenvalue weighted by molar-refractivity contribution is 7.80. The third-order valence-electron chi connectivity index (χ3n) is 2.89. The van der Waals surface area contributed by atoms with Gasteiger partial charge in [-0.1, -0.05) is 26.3 Å². The molecule has 0 heterocycles. The average Bonchev–Trinajstić information content (AvgIpc) is 2.45. The van der Waals surface area contributed by atoms with E-state index >= 15 is 0 Å². The van der Waals surface area contributed by atoms with Crippen LogP contribution in [0.4, 0.5) is 11.4 Å². The van der Waals surface area contributed by atoms with E-state index in [9.17, 15) is 9.59 Å². The molecule has 1 aromatic carbocycles. The molecular weight excluding hydrogens is 298 g/mol. The Labute approximate surface area is 136 Å². The Kier molecular flexibility index (Phi) is 8.14. The number of carbonyl (C=O) groups is 2. The van der Waals surface area contributed by atoms with Crippen LogP contribution in [0.15, 0.2) is 24.3 Å². The lowest BCUT2D eigenvalue weighted by molar-refractivity contribution is -0.119. The topological polar surface area (TPSA) is 70.2 Å². The molecule has 2 amide bonds. The molecule has 0 saturated carbocycles. The molecule has 0 spiro atoms. The summed E-state index contributed by atoms with van der Waals surface area (Å²) in [5, 5.41) is 8.65. The Bertz CT molecular complexity index is 532. The van der Waals surface area contributed by atoms with Gasteiger partial charge in [-0.2, -0.15) is 0 Å². The van der Waals surface area contributed by atoms with Crippen molar-refractivity contribution in [3.05, 3.63) is 24.3 Å².